The average molecular weight is 389 g/mol. The molecule has 0 N–H and O–H groups in total. The van der Waals surface area contributed by atoms with Gasteiger partial charge in [0.1, 0.15) is 0 Å². The molecular formula is C16H36N3Sn. The van der Waals surface area contributed by atoms with E-state index in [0.717, 1.165) is 0 Å². The van der Waals surface area contributed by atoms with Gasteiger partial charge < -0.3 is 0 Å². The molecular weight excluding hydrogens is 353 g/mol. The van der Waals surface area contributed by atoms with Crippen LogP contribution in [-0.4, -0.2) is 60.3 Å². The van der Waals surface area contributed by atoms with Crippen LogP contribution in [0.4, 0.5) is 0 Å². The van der Waals surface area contributed by atoms with Crippen LogP contribution in [-0.2, 0) is 0 Å². The van der Waals surface area contributed by atoms with Crippen molar-refractivity contribution in [3.05, 3.63) is 0 Å². The van der Waals surface area contributed by atoms with Crippen LogP contribution in [0.3, 0.4) is 0 Å². The van der Waals surface area contributed by atoms with Crippen LogP contribution in [0.2, 0.25) is 0 Å². The van der Waals surface area contributed by atoms with Crippen molar-refractivity contribution in [3.63, 3.8) is 0 Å². The summed E-state index contributed by atoms with van der Waals surface area (Å²) >= 11 is -1.87. The van der Waals surface area contributed by atoms with E-state index in [-0.39, 0.29) is 0 Å². The summed E-state index contributed by atoms with van der Waals surface area (Å²) in [6.45, 7) is 23.9. The Morgan fingerprint density at radius 2 is 1.20 bits per heavy atom. The van der Waals surface area contributed by atoms with Crippen LogP contribution in [0.25, 0.3) is 0 Å². The molecule has 1 rings (SSSR count). The Morgan fingerprint density at radius 1 is 0.850 bits per heavy atom. The third-order valence-electron chi connectivity index (χ3n) is 3.89. The summed E-state index contributed by atoms with van der Waals surface area (Å²) in [6, 6.07) is 0. The summed E-state index contributed by atoms with van der Waals surface area (Å²) in [6.07, 6.45) is 3.14. The summed E-state index contributed by atoms with van der Waals surface area (Å²) in [5, 5.41) is 0. The summed E-state index contributed by atoms with van der Waals surface area (Å²) in [5.41, 5.74) is 0.603. The molecule has 0 unspecified atom stereocenters. The van der Waals surface area contributed by atoms with Crippen LogP contribution in [0, 0.1) is 0 Å². The molecule has 3 nitrogen and oxygen atoms in total. The van der Waals surface area contributed by atoms with Gasteiger partial charge in [-0.05, 0) is 0 Å². The van der Waals surface area contributed by atoms with Gasteiger partial charge in [-0.15, -0.1) is 0 Å². The first-order valence-electron chi connectivity index (χ1n) is 8.26. The molecule has 0 aromatic rings. The van der Waals surface area contributed by atoms with Gasteiger partial charge in [0, 0.05) is 0 Å². The van der Waals surface area contributed by atoms with E-state index in [1.54, 1.807) is 0 Å². The molecule has 0 atom stereocenters. The Kier molecular flexibility index (Phi) is 6.41. The third-order valence-corrected chi connectivity index (χ3v) is 15.2. The summed E-state index contributed by atoms with van der Waals surface area (Å²) in [5.74, 6) is 0. The van der Waals surface area contributed by atoms with E-state index < -0.39 is 20.6 Å². The van der Waals surface area contributed by atoms with Crippen molar-refractivity contribution in [2.24, 2.45) is 0 Å². The van der Waals surface area contributed by atoms with Gasteiger partial charge in [0.25, 0.3) is 0 Å². The SMILES string of the molecule is CCC[N](CCC)[Sn]1[N](C(C)(C)C)C(C)[N]1C(C)(C)C. The Morgan fingerprint density at radius 3 is 1.45 bits per heavy atom. The molecule has 1 radical (unpaired) electrons. The van der Waals surface area contributed by atoms with E-state index in [1.165, 1.54) is 25.9 Å². The quantitative estimate of drug-likeness (QED) is 0.665. The zero-order valence-electron chi connectivity index (χ0n) is 15.2. The maximum absolute atomic E-state index is 2.87. The van der Waals surface area contributed by atoms with Gasteiger partial charge in [0.2, 0.25) is 0 Å². The Balaban J connectivity index is 3.04. The molecule has 1 heterocycles. The van der Waals surface area contributed by atoms with Gasteiger partial charge in [0.15, 0.2) is 0 Å². The van der Waals surface area contributed by atoms with Gasteiger partial charge >= 0.3 is 135 Å². The summed E-state index contributed by atoms with van der Waals surface area (Å²) < 4.78 is 8.59. The molecule has 1 aliphatic rings. The van der Waals surface area contributed by atoms with Crippen LogP contribution in [0.1, 0.15) is 75.2 Å². The number of nitrogens with zero attached hydrogens (tertiary/aromatic N) is 3. The maximum atomic E-state index is 2.87. The predicted octanol–water partition coefficient (Wildman–Crippen LogP) is 3.65. The molecule has 0 aliphatic carbocycles. The topological polar surface area (TPSA) is 9.72 Å². The zero-order chi connectivity index (χ0) is 15.7. The molecule has 0 aromatic heterocycles. The van der Waals surface area contributed by atoms with Gasteiger partial charge in [-0.25, -0.2) is 0 Å². The predicted molar refractivity (Wildman–Crippen MR) is 90.6 cm³/mol. The number of rotatable bonds is 5. The average Bonchev–Trinajstić information content (AvgIpc) is 2.21. The Bertz CT molecular complexity index is 278. The molecule has 1 fully saturated rings. The van der Waals surface area contributed by atoms with E-state index in [9.17, 15) is 0 Å². The van der Waals surface area contributed by atoms with Crippen molar-refractivity contribution in [2.75, 3.05) is 13.1 Å². The molecule has 4 heteroatoms. The molecule has 1 saturated heterocycles. The van der Waals surface area contributed by atoms with Crippen molar-refractivity contribution in [3.8, 4) is 0 Å². The molecule has 119 valence electrons. The second kappa shape index (κ2) is 6.84. The molecule has 0 aromatic carbocycles. The first kappa shape index (κ1) is 18.7. The molecule has 0 bridgehead atoms. The molecule has 20 heavy (non-hydrogen) atoms. The second-order valence-corrected chi connectivity index (χ2v) is 14.3. The number of hydrogen-bond donors (Lipinski definition) is 0. The standard InChI is InChI=1S/C10H22N2.C6H14N.Sn/c1-8(11-9(2,3)4)12-10(5,6)7;1-3-5-7-6-4-2;/h8H,1-7H3;3-6H2,1-2H3;/q-2;-1;+3. The van der Waals surface area contributed by atoms with Gasteiger partial charge in [-0.3, -0.25) is 0 Å². The van der Waals surface area contributed by atoms with Crippen molar-refractivity contribution in [1.82, 2.24) is 9.36 Å². The third kappa shape index (κ3) is 3.90. The molecule has 0 amide bonds. The first-order chi connectivity index (χ1) is 9.05. The van der Waals surface area contributed by atoms with Crippen LogP contribution in [0.5, 0.6) is 0 Å². The van der Waals surface area contributed by atoms with E-state index in [4.69, 9.17) is 0 Å². The normalized spacial score (nSPS) is 20.7. The fraction of sp³-hybridized carbons (Fsp3) is 1.00. The Hall–Kier alpha value is 0.679. The van der Waals surface area contributed by atoms with Crippen molar-refractivity contribution in [1.29, 1.82) is 0 Å². The van der Waals surface area contributed by atoms with E-state index in [0.29, 0.717) is 17.2 Å². The van der Waals surface area contributed by atoms with E-state index >= 15 is 0 Å². The monoisotopic (exact) mass is 390 g/mol. The fourth-order valence-corrected chi connectivity index (χ4v) is 13.7. The van der Waals surface area contributed by atoms with Crippen molar-refractivity contribution in [2.45, 2.75) is 92.4 Å². The summed E-state index contributed by atoms with van der Waals surface area (Å²) in [7, 11) is 0. The second-order valence-electron chi connectivity index (χ2n) is 8.00. The van der Waals surface area contributed by atoms with Crippen LogP contribution in [0.15, 0.2) is 0 Å². The van der Waals surface area contributed by atoms with Crippen molar-refractivity contribution >= 4 is 20.6 Å². The minimum absolute atomic E-state index is 0.301. The minimum atomic E-state index is -1.87. The zero-order valence-corrected chi connectivity index (χ0v) is 18.1. The number of hydrogen-bond acceptors (Lipinski definition) is 3. The van der Waals surface area contributed by atoms with Crippen LogP contribution >= 0.6 is 0 Å². The van der Waals surface area contributed by atoms with Gasteiger partial charge in [0.05, 0.1) is 0 Å². The van der Waals surface area contributed by atoms with E-state index in [1.807, 2.05) is 0 Å². The van der Waals surface area contributed by atoms with Crippen molar-refractivity contribution < 1.29 is 0 Å². The fourth-order valence-electron chi connectivity index (χ4n) is 3.39. The van der Waals surface area contributed by atoms with Gasteiger partial charge in [-0.1, -0.05) is 0 Å². The van der Waals surface area contributed by atoms with E-state index in [2.05, 4.69) is 71.7 Å². The molecule has 0 saturated carbocycles. The first-order valence-corrected chi connectivity index (χ1v) is 12.1. The molecule has 0 spiro atoms. The molecule has 1 aliphatic heterocycles. The Labute approximate surface area is 135 Å². The van der Waals surface area contributed by atoms with Gasteiger partial charge in [-0.2, -0.15) is 0 Å². The van der Waals surface area contributed by atoms with Crippen LogP contribution < -0.4 is 0 Å². The summed E-state index contributed by atoms with van der Waals surface area (Å²) in [4.78, 5) is 0.